The first-order valence-electron chi connectivity index (χ1n) is 4.13. The Labute approximate surface area is 76.7 Å². The fraction of sp³-hybridized carbons (Fsp3) is 0.500. The molecular formula is C8H14N4O. The van der Waals surface area contributed by atoms with E-state index >= 15 is 0 Å². The number of nitrogens with two attached hydrogens (primary N) is 2. The van der Waals surface area contributed by atoms with Gasteiger partial charge in [0.2, 0.25) is 5.91 Å². The van der Waals surface area contributed by atoms with Crippen molar-refractivity contribution in [3.05, 3.63) is 18.0 Å². The molecule has 0 saturated carbocycles. The van der Waals surface area contributed by atoms with Crippen LogP contribution in [0.1, 0.15) is 12.0 Å². The van der Waals surface area contributed by atoms with Crippen molar-refractivity contribution in [2.75, 3.05) is 0 Å². The summed E-state index contributed by atoms with van der Waals surface area (Å²) in [7, 11) is 0. The predicted octanol–water partition coefficient (Wildman–Crippen LogP) is -0.606. The lowest BCUT2D eigenvalue weighted by Gasteiger charge is -2.06. The Kier molecular flexibility index (Phi) is 3.02. The quantitative estimate of drug-likeness (QED) is 0.651. The summed E-state index contributed by atoms with van der Waals surface area (Å²) < 4.78 is 1.75. The molecule has 5 nitrogen and oxygen atoms in total. The van der Waals surface area contributed by atoms with Crippen LogP contribution in [0.2, 0.25) is 0 Å². The Morgan fingerprint density at radius 2 is 2.46 bits per heavy atom. The average Bonchev–Trinajstić information content (AvgIpc) is 2.47. The van der Waals surface area contributed by atoms with E-state index in [0.717, 1.165) is 5.56 Å². The third kappa shape index (κ3) is 2.87. The van der Waals surface area contributed by atoms with E-state index in [1.54, 1.807) is 10.9 Å². The van der Waals surface area contributed by atoms with E-state index in [9.17, 15) is 4.79 Å². The minimum atomic E-state index is -0.579. The number of carbonyl (C=O) groups excluding carboxylic acids is 1. The molecule has 1 amide bonds. The standard InChI is InChI=1S/C8H14N4O/c1-6-4-11-12(5-6)3-2-7(9)8(10)13/h4-5,7H,2-3,9H2,1H3,(H2,10,13). The first-order chi connectivity index (χ1) is 6.09. The lowest BCUT2D eigenvalue weighted by Crippen LogP contribution is -2.37. The van der Waals surface area contributed by atoms with Gasteiger partial charge in [-0.15, -0.1) is 0 Å². The molecule has 0 aliphatic heterocycles. The number of rotatable bonds is 4. The molecular weight excluding hydrogens is 168 g/mol. The Balaban J connectivity index is 2.39. The van der Waals surface area contributed by atoms with Crippen LogP contribution in [-0.2, 0) is 11.3 Å². The van der Waals surface area contributed by atoms with Crippen LogP contribution in [0.4, 0.5) is 0 Å². The van der Waals surface area contributed by atoms with Gasteiger partial charge in [-0.3, -0.25) is 9.48 Å². The first kappa shape index (κ1) is 9.73. The molecule has 1 heterocycles. The number of aryl methyl sites for hydroxylation is 2. The second-order valence-corrected chi connectivity index (χ2v) is 3.08. The van der Waals surface area contributed by atoms with Gasteiger partial charge in [-0.1, -0.05) is 0 Å². The molecule has 4 N–H and O–H groups in total. The van der Waals surface area contributed by atoms with Gasteiger partial charge in [-0.2, -0.15) is 5.10 Å². The summed E-state index contributed by atoms with van der Waals surface area (Å²) in [6, 6.07) is -0.579. The number of hydrogen-bond acceptors (Lipinski definition) is 3. The van der Waals surface area contributed by atoms with Crippen LogP contribution in [-0.4, -0.2) is 21.7 Å². The molecule has 72 valence electrons. The van der Waals surface area contributed by atoms with Crippen LogP contribution in [0, 0.1) is 6.92 Å². The number of aromatic nitrogens is 2. The lowest BCUT2D eigenvalue weighted by atomic mass is 10.2. The molecule has 1 aromatic rings. The van der Waals surface area contributed by atoms with Gasteiger partial charge in [-0.25, -0.2) is 0 Å². The fourth-order valence-electron chi connectivity index (χ4n) is 1.00. The Morgan fingerprint density at radius 1 is 1.77 bits per heavy atom. The minimum Gasteiger partial charge on any atom is -0.368 e. The van der Waals surface area contributed by atoms with Gasteiger partial charge in [0.05, 0.1) is 12.2 Å². The van der Waals surface area contributed by atoms with Crippen molar-refractivity contribution < 1.29 is 4.79 Å². The van der Waals surface area contributed by atoms with Gasteiger partial charge in [-0.05, 0) is 18.9 Å². The molecule has 1 atom stereocenters. The molecule has 0 bridgehead atoms. The van der Waals surface area contributed by atoms with Crippen molar-refractivity contribution in [3.8, 4) is 0 Å². The van der Waals surface area contributed by atoms with E-state index < -0.39 is 11.9 Å². The molecule has 1 unspecified atom stereocenters. The van der Waals surface area contributed by atoms with Crippen molar-refractivity contribution in [1.29, 1.82) is 0 Å². The second kappa shape index (κ2) is 4.04. The number of carbonyl (C=O) groups is 1. The largest absolute Gasteiger partial charge is 0.368 e. The summed E-state index contributed by atoms with van der Waals surface area (Å²) in [5, 5.41) is 4.06. The van der Waals surface area contributed by atoms with Gasteiger partial charge >= 0.3 is 0 Å². The van der Waals surface area contributed by atoms with E-state index in [2.05, 4.69) is 5.10 Å². The fourth-order valence-corrected chi connectivity index (χ4v) is 1.00. The van der Waals surface area contributed by atoms with E-state index in [4.69, 9.17) is 11.5 Å². The van der Waals surface area contributed by atoms with Crippen molar-refractivity contribution in [1.82, 2.24) is 9.78 Å². The van der Waals surface area contributed by atoms with Crippen LogP contribution in [0.3, 0.4) is 0 Å². The lowest BCUT2D eigenvalue weighted by molar-refractivity contribution is -0.119. The molecule has 0 aliphatic carbocycles. The van der Waals surface area contributed by atoms with E-state index in [1.807, 2.05) is 13.1 Å². The van der Waals surface area contributed by atoms with Crippen molar-refractivity contribution in [2.24, 2.45) is 11.5 Å². The number of primary amides is 1. The minimum absolute atomic E-state index is 0.469. The highest BCUT2D eigenvalue weighted by molar-refractivity contribution is 5.79. The Bertz CT molecular complexity index is 294. The van der Waals surface area contributed by atoms with Crippen molar-refractivity contribution in [2.45, 2.75) is 25.9 Å². The van der Waals surface area contributed by atoms with E-state index in [0.29, 0.717) is 13.0 Å². The average molecular weight is 182 g/mol. The summed E-state index contributed by atoms with van der Waals surface area (Å²) >= 11 is 0. The second-order valence-electron chi connectivity index (χ2n) is 3.08. The zero-order valence-electron chi connectivity index (χ0n) is 7.60. The predicted molar refractivity (Wildman–Crippen MR) is 48.8 cm³/mol. The van der Waals surface area contributed by atoms with Crippen LogP contribution in [0.5, 0.6) is 0 Å². The molecule has 1 aromatic heterocycles. The summed E-state index contributed by atoms with van der Waals surface area (Å²) in [4.78, 5) is 10.6. The molecule has 0 spiro atoms. The van der Waals surface area contributed by atoms with Crippen molar-refractivity contribution >= 4 is 5.91 Å². The van der Waals surface area contributed by atoms with Gasteiger partial charge in [0.25, 0.3) is 0 Å². The van der Waals surface area contributed by atoms with Crippen molar-refractivity contribution in [3.63, 3.8) is 0 Å². The monoisotopic (exact) mass is 182 g/mol. The van der Waals surface area contributed by atoms with Gasteiger partial charge in [0.1, 0.15) is 0 Å². The van der Waals surface area contributed by atoms with Crippen LogP contribution in [0.25, 0.3) is 0 Å². The van der Waals surface area contributed by atoms with Gasteiger partial charge in [0, 0.05) is 12.7 Å². The van der Waals surface area contributed by atoms with E-state index in [-0.39, 0.29) is 0 Å². The smallest absolute Gasteiger partial charge is 0.234 e. The highest BCUT2D eigenvalue weighted by atomic mass is 16.1. The maximum absolute atomic E-state index is 10.6. The van der Waals surface area contributed by atoms with Crippen LogP contribution < -0.4 is 11.5 Å². The third-order valence-corrected chi connectivity index (χ3v) is 1.80. The summed E-state index contributed by atoms with van der Waals surface area (Å²) in [5.41, 5.74) is 11.6. The number of hydrogen-bond donors (Lipinski definition) is 2. The molecule has 5 heteroatoms. The molecule has 0 aliphatic rings. The summed E-state index contributed by atoms with van der Waals surface area (Å²) in [6.45, 7) is 2.58. The highest BCUT2D eigenvalue weighted by Crippen LogP contribution is 1.97. The normalized spacial score (nSPS) is 12.8. The molecule has 0 radical (unpaired) electrons. The molecule has 0 aromatic carbocycles. The van der Waals surface area contributed by atoms with Crippen LogP contribution >= 0.6 is 0 Å². The summed E-state index contributed by atoms with van der Waals surface area (Å²) in [5.74, 6) is -0.469. The molecule has 1 rings (SSSR count). The number of nitrogens with zero attached hydrogens (tertiary/aromatic N) is 2. The van der Waals surface area contributed by atoms with Gasteiger partial charge < -0.3 is 11.5 Å². The van der Waals surface area contributed by atoms with Gasteiger partial charge in [0.15, 0.2) is 0 Å². The molecule has 0 saturated heterocycles. The zero-order valence-corrected chi connectivity index (χ0v) is 7.60. The highest BCUT2D eigenvalue weighted by Gasteiger charge is 2.08. The number of amides is 1. The summed E-state index contributed by atoms with van der Waals surface area (Å²) in [6.07, 6.45) is 4.18. The zero-order chi connectivity index (χ0) is 9.84. The molecule has 13 heavy (non-hydrogen) atoms. The Morgan fingerprint density at radius 3 is 2.92 bits per heavy atom. The van der Waals surface area contributed by atoms with Crippen LogP contribution in [0.15, 0.2) is 12.4 Å². The van der Waals surface area contributed by atoms with E-state index in [1.165, 1.54) is 0 Å². The third-order valence-electron chi connectivity index (χ3n) is 1.80. The maximum atomic E-state index is 10.6. The first-order valence-corrected chi connectivity index (χ1v) is 4.13. The molecule has 0 fully saturated rings. The SMILES string of the molecule is Cc1cnn(CCC(N)C(N)=O)c1. The topological polar surface area (TPSA) is 86.9 Å². The maximum Gasteiger partial charge on any atom is 0.234 e. The Hall–Kier alpha value is -1.36.